The number of methoxy groups -OCH3 is 1. The molecule has 0 aliphatic carbocycles. The van der Waals surface area contributed by atoms with Crippen LogP contribution < -0.4 is 15.4 Å². The number of rotatable bonds is 11. The molecule has 0 amide bonds. The number of nitrogens with zero attached hydrogens (tertiary/aromatic N) is 1. The summed E-state index contributed by atoms with van der Waals surface area (Å²) >= 11 is 0. The molecular formula is C22H31N3O3. The molecule has 0 spiro atoms. The number of para-hydroxylation sites is 1. The van der Waals surface area contributed by atoms with Gasteiger partial charge in [-0.25, -0.2) is 0 Å². The van der Waals surface area contributed by atoms with Gasteiger partial charge in [0.05, 0.1) is 26.9 Å². The second-order valence-corrected chi connectivity index (χ2v) is 6.16. The lowest BCUT2D eigenvalue weighted by atomic mass is 10.1. The maximum Gasteiger partial charge on any atom is 0.191 e. The molecule has 0 radical (unpaired) electrons. The van der Waals surface area contributed by atoms with Crippen molar-refractivity contribution in [1.29, 1.82) is 0 Å². The summed E-state index contributed by atoms with van der Waals surface area (Å²) in [6.07, 6.45) is 0. The van der Waals surface area contributed by atoms with Crippen LogP contribution in [0.5, 0.6) is 5.75 Å². The van der Waals surface area contributed by atoms with Gasteiger partial charge in [0.2, 0.25) is 0 Å². The zero-order valence-electron chi connectivity index (χ0n) is 17.0. The predicted octanol–water partition coefficient (Wildman–Crippen LogP) is 3.11. The highest BCUT2D eigenvalue weighted by Crippen LogP contribution is 2.16. The molecule has 0 aliphatic rings. The van der Waals surface area contributed by atoms with Gasteiger partial charge in [-0.1, -0.05) is 42.5 Å². The van der Waals surface area contributed by atoms with Crippen molar-refractivity contribution >= 4 is 5.96 Å². The van der Waals surface area contributed by atoms with Gasteiger partial charge < -0.3 is 24.8 Å². The van der Waals surface area contributed by atoms with Gasteiger partial charge in [-0.3, -0.25) is 4.99 Å². The average molecular weight is 386 g/mol. The van der Waals surface area contributed by atoms with E-state index in [0.717, 1.165) is 29.4 Å². The van der Waals surface area contributed by atoms with Crippen LogP contribution in [-0.2, 0) is 29.2 Å². The van der Waals surface area contributed by atoms with Crippen LogP contribution in [-0.4, -0.2) is 39.9 Å². The molecule has 28 heavy (non-hydrogen) atoms. The highest BCUT2D eigenvalue weighted by Gasteiger charge is 2.04. The van der Waals surface area contributed by atoms with Gasteiger partial charge in [0.25, 0.3) is 0 Å². The second kappa shape index (κ2) is 12.8. The van der Waals surface area contributed by atoms with Crippen molar-refractivity contribution in [2.75, 3.05) is 34.0 Å². The molecule has 0 fully saturated rings. The van der Waals surface area contributed by atoms with Gasteiger partial charge in [-0.2, -0.15) is 0 Å². The Kier molecular flexibility index (Phi) is 9.89. The lowest BCUT2D eigenvalue weighted by molar-refractivity contribution is 0.0453. The third-order valence-electron chi connectivity index (χ3n) is 4.16. The number of benzene rings is 2. The van der Waals surface area contributed by atoms with Crippen LogP contribution in [0.1, 0.15) is 23.6 Å². The number of guanidine groups is 1. The van der Waals surface area contributed by atoms with E-state index in [1.54, 1.807) is 14.2 Å². The zero-order valence-corrected chi connectivity index (χ0v) is 17.0. The van der Waals surface area contributed by atoms with E-state index in [4.69, 9.17) is 14.2 Å². The number of nitrogens with one attached hydrogen (secondary N) is 2. The van der Waals surface area contributed by atoms with E-state index < -0.39 is 0 Å². The average Bonchev–Trinajstić information content (AvgIpc) is 2.74. The monoisotopic (exact) mass is 385 g/mol. The molecule has 6 nitrogen and oxygen atoms in total. The van der Waals surface area contributed by atoms with Crippen LogP contribution in [0.4, 0.5) is 0 Å². The fourth-order valence-corrected chi connectivity index (χ4v) is 2.72. The highest BCUT2D eigenvalue weighted by molar-refractivity contribution is 5.79. The van der Waals surface area contributed by atoms with E-state index in [2.05, 4.69) is 33.8 Å². The van der Waals surface area contributed by atoms with Crippen molar-refractivity contribution in [2.45, 2.75) is 26.6 Å². The summed E-state index contributed by atoms with van der Waals surface area (Å²) in [6, 6.07) is 16.3. The Labute approximate surface area is 167 Å². The third kappa shape index (κ3) is 7.58. The highest BCUT2D eigenvalue weighted by atomic mass is 16.5. The maximum atomic E-state index is 5.64. The molecule has 2 aromatic carbocycles. The van der Waals surface area contributed by atoms with E-state index in [1.807, 2.05) is 37.3 Å². The lowest BCUT2D eigenvalue weighted by Gasteiger charge is -2.14. The molecule has 0 aromatic heterocycles. The maximum absolute atomic E-state index is 5.64. The minimum Gasteiger partial charge on any atom is -0.496 e. The molecule has 6 heteroatoms. The van der Waals surface area contributed by atoms with Gasteiger partial charge in [-0.15, -0.1) is 0 Å². The quantitative estimate of drug-likeness (QED) is 0.353. The molecule has 2 N–H and O–H groups in total. The molecule has 0 saturated carbocycles. The van der Waals surface area contributed by atoms with E-state index in [1.165, 1.54) is 5.56 Å². The minimum absolute atomic E-state index is 0.585. The van der Waals surface area contributed by atoms with Crippen molar-refractivity contribution in [3.63, 3.8) is 0 Å². The Hall–Kier alpha value is -2.57. The van der Waals surface area contributed by atoms with Gasteiger partial charge in [0.1, 0.15) is 5.75 Å². The van der Waals surface area contributed by atoms with Gasteiger partial charge in [0, 0.05) is 32.3 Å². The summed E-state index contributed by atoms with van der Waals surface area (Å²) in [4.78, 5) is 4.29. The van der Waals surface area contributed by atoms with E-state index >= 15 is 0 Å². The molecular weight excluding hydrogens is 354 g/mol. The first-order valence-corrected chi connectivity index (χ1v) is 9.56. The third-order valence-corrected chi connectivity index (χ3v) is 4.16. The van der Waals surface area contributed by atoms with Crippen molar-refractivity contribution in [3.8, 4) is 5.75 Å². The summed E-state index contributed by atoms with van der Waals surface area (Å²) in [7, 11) is 3.44. The van der Waals surface area contributed by atoms with E-state index in [-0.39, 0.29) is 0 Å². The van der Waals surface area contributed by atoms with Crippen molar-refractivity contribution in [3.05, 3.63) is 65.2 Å². The molecule has 2 rings (SSSR count). The van der Waals surface area contributed by atoms with Crippen molar-refractivity contribution < 1.29 is 14.2 Å². The lowest BCUT2D eigenvalue weighted by Crippen LogP contribution is -2.36. The smallest absolute Gasteiger partial charge is 0.191 e. The Morgan fingerprint density at radius 3 is 2.46 bits per heavy atom. The Morgan fingerprint density at radius 2 is 1.68 bits per heavy atom. The van der Waals surface area contributed by atoms with Crippen LogP contribution in [0.2, 0.25) is 0 Å². The topological polar surface area (TPSA) is 64.1 Å². The largest absolute Gasteiger partial charge is 0.496 e. The fraction of sp³-hybridized carbons (Fsp3) is 0.409. The molecule has 0 bridgehead atoms. The van der Waals surface area contributed by atoms with Crippen LogP contribution >= 0.6 is 0 Å². The summed E-state index contributed by atoms with van der Waals surface area (Å²) in [5, 5.41) is 6.66. The van der Waals surface area contributed by atoms with Crippen molar-refractivity contribution in [1.82, 2.24) is 10.6 Å². The minimum atomic E-state index is 0.585. The zero-order chi connectivity index (χ0) is 20.0. The molecule has 0 aliphatic heterocycles. The predicted molar refractivity (Wildman–Crippen MR) is 113 cm³/mol. The molecule has 2 aromatic rings. The Bertz CT molecular complexity index is 734. The van der Waals surface area contributed by atoms with Crippen LogP contribution in [0.15, 0.2) is 53.5 Å². The van der Waals surface area contributed by atoms with Crippen LogP contribution in [0.25, 0.3) is 0 Å². The van der Waals surface area contributed by atoms with Gasteiger partial charge >= 0.3 is 0 Å². The standard InChI is InChI=1S/C22H31N3O3/c1-4-27-12-13-28-17-19-9-7-8-18(14-19)15-24-22(23-2)25-16-20-10-5-6-11-21(20)26-3/h5-11,14H,4,12-13,15-17H2,1-3H3,(H2,23,24,25). The van der Waals surface area contributed by atoms with Crippen LogP contribution in [0.3, 0.4) is 0 Å². The number of ether oxygens (including phenoxy) is 3. The second-order valence-electron chi connectivity index (χ2n) is 6.16. The number of hydrogen-bond donors (Lipinski definition) is 2. The van der Waals surface area contributed by atoms with Crippen LogP contribution in [0, 0.1) is 0 Å². The summed E-state index contributed by atoms with van der Waals surface area (Å²) in [5.74, 6) is 1.60. The fourth-order valence-electron chi connectivity index (χ4n) is 2.72. The van der Waals surface area contributed by atoms with Gasteiger partial charge in [0.15, 0.2) is 5.96 Å². The molecule has 0 unspecified atom stereocenters. The normalized spacial score (nSPS) is 11.3. The molecule has 0 atom stereocenters. The first-order chi connectivity index (χ1) is 13.8. The molecule has 0 heterocycles. The summed E-state index contributed by atoms with van der Waals surface area (Å²) in [5.41, 5.74) is 3.40. The summed E-state index contributed by atoms with van der Waals surface area (Å²) < 4.78 is 16.3. The van der Waals surface area contributed by atoms with E-state index in [9.17, 15) is 0 Å². The number of hydrogen-bond acceptors (Lipinski definition) is 4. The summed E-state index contributed by atoms with van der Waals surface area (Å²) in [6.45, 7) is 5.84. The molecule has 0 saturated heterocycles. The first kappa shape index (κ1) is 21.7. The SMILES string of the molecule is CCOCCOCc1cccc(CNC(=NC)NCc2ccccc2OC)c1. The Balaban J connectivity index is 1.80. The van der Waals surface area contributed by atoms with Crippen molar-refractivity contribution in [2.24, 2.45) is 4.99 Å². The Morgan fingerprint density at radius 1 is 0.929 bits per heavy atom. The first-order valence-electron chi connectivity index (χ1n) is 9.56. The van der Waals surface area contributed by atoms with E-state index in [0.29, 0.717) is 32.9 Å². The number of aliphatic imine (C=N–C) groups is 1. The van der Waals surface area contributed by atoms with Gasteiger partial charge in [-0.05, 0) is 24.1 Å². The molecule has 152 valence electrons.